The highest BCUT2D eigenvalue weighted by atomic mass is 35.5. The van der Waals surface area contributed by atoms with Gasteiger partial charge in [0, 0.05) is 10.7 Å². The zero-order valence-electron chi connectivity index (χ0n) is 13.3. The highest BCUT2D eigenvalue weighted by Gasteiger charge is 2.12. The summed E-state index contributed by atoms with van der Waals surface area (Å²) in [6, 6.07) is 10.4. The van der Waals surface area contributed by atoms with Crippen LogP contribution in [0.5, 0.6) is 5.75 Å². The quantitative estimate of drug-likeness (QED) is 0.836. The van der Waals surface area contributed by atoms with Gasteiger partial charge in [-0.25, -0.2) is 0 Å². The average Bonchev–Trinajstić information content (AvgIpc) is 2.50. The fourth-order valence-electron chi connectivity index (χ4n) is 2.12. The largest absolute Gasteiger partial charge is 0.483 e. The van der Waals surface area contributed by atoms with E-state index in [1.54, 1.807) is 12.1 Å². The van der Waals surface area contributed by atoms with Crippen LogP contribution in [0.4, 0.5) is 5.69 Å². The first-order valence-corrected chi connectivity index (χ1v) is 7.55. The molecular formula is C18H18ClNO3. The SMILES string of the molecule is CC(=O)c1cc(Cl)ccc1OCC(=O)Nc1cccc(C)c1C. The Bertz CT molecular complexity index is 756. The number of benzene rings is 2. The van der Waals surface area contributed by atoms with E-state index in [1.807, 2.05) is 32.0 Å². The number of ether oxygens (including phenoxy) is 1. The number of carbonyl (C=O) groups excluding carboxylic acids is 2. The van der Waals surface area contributed by atoms with Crippen molar-refractivity contribution >= 4 is 29.0 Å². The number of ketones is 1. The predicted octanol–water partition coefficient (Wildman–Crippen LogP) is 4.18. The predicted molar refractivity (Wildman–Crippen MR) is 91.5 cm³/mol. The number of rotatable bonds is 5. The van der Waals surface area contributed by atoms with Crippen molar-refractivity contribution in [1.29, 1.82) is 0 Å². The van der Waals surface area contributed by atoms with Gasteiger partial charge in [0.05, 0.1) is 5.56 Å². The van der Waals surface area contributed by atoms with E-state index >= 15 is 0 Å². The van der Waals surface area contributed by atoms with Gasteiger partial charge in [-0.05, 0) is 56.2 Å². The van der Waals surface area contributed by atoms with E-state index in [0.29, 0.717) is 16.3 Å². The number of hydrogen-bond donors (Lipinski definition) is 1. The van der Waals surface area contributed by atoms with Crippen molar-refractivity contribution in [3.8, 4) is 5.75 Å². The molecule has 0 bridgehead atoms. The third kappa shape index (κ3) is 4.33. The Hall–Kier alpha value is -2.33. The second-order valence-corrected chi connectivity index (χ2v) is 5.72. The summed E-state index contributed by atoms with van der Waals surface area (Å²) in [6.45, 7) is 5.16. The smallest absolute Gasteiger partial charge is 0.262 e. The second-order valence-electron chi connectivity index (χ2n) is 5.28. The van der Waals surface area contributed by atoms with E-state index in [1.165, 1.54) is 13.0 Å². The van der Waals surface area contributed by atoms with Crippen molar-refractivity contribution in [2.45, 2.75) is 20.8 Å². The topological polar surface area (TPSA) is 55.4 Å². The number of halogens is 1. The first kappa shape index (κ1) is 17.0. The molecule has 4 nitrogen and oxygen atoms in total. The van der Waals surface area contributed by atoms with E-state index in [4.69, 9.17) is 16.3 Å². The van der Waals surface area contributed by atoms with Gasteiger partial charge in [-0.3, -0.25) is 9.59 Å². The Balaban J connectivity index is 2.05. The molecule has 0 aliphatic heterocycles. The molecule has 0 fully saturated rings. The fourth-order valence-corrected chi connectivity index (χ4v) is 2.29. The van der Waals surface area contributed by atoms with Gasteiger partial charge in [-0.15, -0.1) is 0 Å². The molecule has 2 rings (SSSR count). The fraction of sp³-hybridized carbons (Fsp3) is 0.222. The molecule has 0 aromatic heterocycles. The van der Waals surface area contributed by atoms with Crippen LogP contribution in [0.15, 0.2) is 36.4 Å². The van der Waals surface area contributed by atoms with Crippen LogP contribution in [0.25, 0.3) is 0 Å². The first-order chi connectivity index (χ1) is 10.9. The monoisotopic (exact) mass is 331 g/mol. The van der Waals surface area contributed by atoms with Gasteiger partial charge in [-0.1, -0.05) is 23.7 Å². The molecule has 0 saturated carbocycles. The number of nitrogens with one attached hydrogen (secondary N) is 1. The number of anilines is 1. The summed E-state index contributed by atoms with van der Waals surface area (Å²) < 4.78 is 5.47. The number of carbonyl (C=O) groups is 2. The van der Waals surface area contributed by atoms with E-state index in [9.17, 15) is 9.59 Å². The van der Waals surface area contributed by atoms with E-state index in [2.05, 4.69) is 5.32 Å². The average molecular weight is 332 g/mol. The van der Waals surface area contributed by atoms with Gasteiger partial charge in [0.25, 0.3) is 5.91 Å². The zero-order chi connectivity index (χ0) is 17.0. The lowest BCUT2D eigenvalue weighted by atomic mass is 10.1. The summed E-state index contributed by atoms with van der Waals surface area (Å²) in [4.78, 5) is 23.6. The molecule has 1 amide bonds. The van der Waals surface area contributed by atoms with Crippen molar-refractivity contribution in [2.24, 2.45) is 0 Å². The molecule has 0 spiro atoms. The number of hydrogen-bond acceptors (Lipinski definition) is 3. The maximum absolute atomic E-state index is 12.1. The van der Waals surface area contributed by atoms with Gasteiger partial charge in [0.2, 0.25) is 0 Å². The Morgan fingerprint density at radius 2 is 1.91 bits per heavy atom. The molecule has 0 unspecified atom stereocenters. The lowest BCUT2D eigenvalue weighted by Crippen LogP contribution is -2.21. The van der Waals surface area contributed by atoms with Gasteiger partial charge >= 0.3 is 0 Å². The molecule has 0 saturated heterocycles. The van der Waals surface area contributed by atoms with Crippen molar-refractivity contribution in [3.63, 3.8) is 0 Å². The molecule has 23 heavy (non-hydrogen) atoms. The molecule has 0 heterocycles. The molecule has 0 aliphatic carbocycles. The molecular weight excluding hydrogens is 314 g/mol. The van der Waals surface area contributed by atoms with Crippen molar-refractivity contribution in [3.05, 3.63) is 58.1 Å². The first-order valence-electron chi connectivity index (χ1n) is 7.18. The molecule has 2 aromatic rings. The lowest BCUT2D eigenvalue weighted by Gasteiger charge is -2.12. The number of Topliss-reactive ketones (excluding diaryl/α,β-unsaturated/α-hetero) is 1. The molecule has 1 N–H and O–H groups in total. The molecule has 0 radical (unpaired) electrons. The van der Waals surface area contributed by atoms with Crippen molar-refractivity contribution in [2.75, 3.05) is 11.9 Å². The summed E-state index contributed by atoms with van der Waals surface area (Å²) >= 11 is 5.88. The highest BCUT2D eigenvalue weighted by Crippen LogP contribution is 2.23. The molecule has 0 atom stereocenters. The Morgan fingerprint density at radius 1 is 1.17 bits per heavy atom. The molecule has 5 heteroatoms. The van der Waals surface area contributed by atoms with Gasteiger partial charge in [0.15, 0.2) is 12.4 Å². The maximum atomic E-state index is 12.1. The van der Waals surface area contributed by atoms with Crippen LogP contribution in [0.1, 0.15) is 28.4 Å². The van der Waals surface area contributed by atoms with Crippen LogP contribution < -0.4 is 10.1 Å². The van der Waals surface area contributed by atoms with Crippen LogP contribution in [0, 0.1) is 13.8 Å². The molecule has 120 valence electrons. The summed E-state index contributed by atoms with van der Waals surface area (Å²) in [5.74, 6) is -0.112. The Labute approximate surface area is 140 Å². The van der Waals surface area contributed by atoms with Crippen LogP contribution >= 0.6 is 11.6 Å². The van der Waals surface area contributed by atoms with Crippen molar-refractivity contribution in [1.82, 2.24) is 0 Å². The summed E-state index contributed by atoms with van der Waals surface area (Å²) in [6.07, 6.45) is 0. The van der Waals surface area contributed by atoms with Crippen LogP contribution in [-0.4, -0.2) is 18.3 Å². The van der Waals surface area contributed by atoms with Gasteiger partial charge in [0.1, 0.15) is 5.75 Å². The standard InChI is InChI=1S/C18H18ClNO3/c1-11-5-4-6-16(12(11)2)20-18(22)10-23-17-8-7-14(19)9-15(17)13(3)21/h4-9H,10H2,1-3H3,(H,20,22). The lowest BCUT2D eigenvalue weighted by molar-refractivity contribution is -0.118. The van der Waals surface area contributed by atoms with Gasteiger partial charge in [-0.2, -0.15) is 0 Å². The minimum absolute atomic E-state index is 0.169. The Kier molecular flexibility index (Phi) is 5.40. The van der Waals surface area contributed by atoms with Gasteiger partial charge < -0.3 is 10.1 Å². The number of aryl methyl sites for hydroxylation is 1. The van der Waals surface area contributed by atoms with E-state index in [0.717, 1.165) is 16.8 Å². The minimum atomic E-state index is -0.289. The van der Waals surface area contributed by atoms with Crippen LogP contribution in [0.2, 0.25) is 5.02 Å². The van der Waals surface area contributed by atoms with E-state index in [-0.39, 0.29) is 18.3 Å². The number of amides is 1. The summed E-state index contributed by atoms with van der Waals surface area (Å²) in [5.41, 5.74) is 3.22. The van der Waals surface area contributed by atoms with Crippen LogP contribution in [-0.2, 0) is 4.79 Å². The second kappa shape index (κ2) is 7.29. The van der Waals surface area contributed by atoms with E-state index < -0.39 is 0 Å². The van der Waals surface area contributed by atoms with Crippen LogP contribution in [0.3, 0.4) is 0 Å². The normalized spacial score (nSPS) is 10.3. The van der Waals surface area contributed by atoms with Crippen molar-refractivity contribution < 1.29 is 14.3 Å². The summed E-state index contributed by atoms with van der Waals surface area (Å²) in [5, 5.41) is 3.25. The zero-order valence-corrected chi connectivity index (χ0v) is 14.0. The maximum Gasteiger partial charge on any atom is 0.262 e. The molecule has 0 aliphatic rings. The summed E-state index contributed by atoms with van der Waals surface area (Å²) in [7, 11) is 0. The third-order valence-electron chi connectivity index (χ3n) is 3.56. The minimum Gasteiger partial charge on any atom is -0.483 e. The molecule has 2 aromatic carbocycles. The highest BCUT2D eigenvalue weighted by molar-refractivity contribution is 6.31. The third-order valence-corrected chi connectivity index (χ3v) is 3.79. The Morgan fingerprint density at radius 3 is 2.61 bits per heavy atom.